The van der Waals surface area contributed by atoms with E-state index in [4.69, 9.17) is 11.6 Å². The Labute approximate surface area is 216 Å². The molecule has 36 heavy (non-hydrogen) atoms. The van der Waals surface area contributed by atoms with Gasteiger partial charge in [0.1, 0.15) is 0 Å². The largest absolute Gasteiger partial charge is 0.357 e. The zero-order chi connectivity index (χ0) is 25.3. The molecule has 8 heteroatoms. The number of benzene rings is 2. The fourth-order valence-corrected chi connectivity index (χ4v) is 5.31. The molecule has 0 saturated carbocycles. The third-order valence-corrected chi connectivity index (χ3v) is 7.03. The van der Waals surface area contributed by atoms with Crippen molar-refractivity contribution in [2.24, 2.45) is 5.41 Å². The maximum absolute atomic E-state index is 13.7. The Bertz CT molecular complexity index is 1300. The van der Waals surface area contributed by atoms with Crippen LogP contribution in [-0.2, 0) is 16.0 Å². The number of rotatable bonds is 6. The van der Waals surface area contributed by atoms with Gasteiger partial charge in [-0.05, 0) is 41.7 Å². The number of carbonyl (C=O) groups is 2. The predicted octanol–water partition coefficient (Wildman–Crippen LogP) is 5.04. The summed E-state index contributed by atoms with van der Waals surface area (Å²) >= 11 is 6.21. The summed E-state index contributed by atoms with van der Waals surface area (Å²) in [6.07, 6.45) is 5.24. The highest BCUT2D eigenvalue weighted by Crippen LogP contribution is 2.48. The van der Waals surface area contributed by atoms with Crippen LogP contribution in [0.25, 0.3) is 0 Å². The number of halogens is 1. The van der Waals surface area contributed by atoms with Crippen molar-refractivity contribution in [3.05, 3.63) is 88.6 Å². The first-order chi connectivity index (χ1) is 17.3. The Hall–Kier alpha value is -3.58. The van der Waals surface area contributed by atoms with Crippen LogP contribution in [0.3, 0.4) is 0 Å². The average Bonchev–Trinajstić information content (AvgIpc) is 3.30. The highest BCUT2D eigenvalue weighted by molar-refractivity contribution is 6.30. The van der Waals surface area contributed by atoms with E-state index in [0.29, 0.717) is 24.4 Å². The van der Waals surface area contributed by atoms with E-state index in [2.05, 4.69) is 34.4 Å². The Kier molecular flexibility index (Phi) is 6.58. The number of allylic oxidation sites excluding steroid dienone is 1. The van der Waals surface area contributed by atoms with Crippen molar-refractivity contribution >= 4 is 34.7 Å². The van der Waals surface area contributed by atoms with Gasteiger partial charge in [-0.15, -0.1) is 0 Å². The molecule has 2 aromatic carbocycles. The summed E-state index contributed by atoms with van der Waals surface area (Å²) in [5.74, 6) is -0.0120. The average molecular weight is 504 g/mol. The number of hydrogen-bond acceptors (Lipinski definition) is 5. The summed E-state index contributed by atoms with van der Waals surface area (Å²) in [6.45, 7) is 4.83. The third kappa shape index (κ3) is 5.02. The maximum atomic E-state index is 13.7. The van der Waals surface area contributed by atoms with E-state index < -0.39 is 6.04 Å². The Morgan fingerprint density at radius 3 is 2.69 bits per heavy atom. The van der Waals surface area contributed by atoms with Crippen LogP contribution in [0.5, 0.6) is 0 Å². The van der Waals surface area contributed by atoms with Crippen LogP contribution in [0, 0.1) is 5.41 Å². The number of hydrogen-bond donors (Lipinski definition) is 3. The van der Waals surface area contributed by atoms with E-state index in [0.717, 1.165) is 40.3 Å². The predicted molar refractivity (Wildman–Crippen MR) is 142 cm³/mol. The zero-order valence-electron chi connectivity index (χ0n) is 20.5. The van der Waals surface area contributed by atoms with Crippen molar-refractivity contribution in [1.29, 1.82) is 0 Å². The second-order valence-corrected chi connectivity index (χ2v) is 10.7. The lowest BCUT2D eigenvalue weighted by molar-refractivity contribution is -0.120. The maximum Gasteiger partial charge on any atom is 0.239 e. The molecular weight excluding hydrogens is 474 g/mol. The topological polar surface area (TPSA) is 90.1 Å². The summed E-state index contributed by atoms with van der Waals surface area (Å²) in [4.78, 5) is 36.0. The fourth-order valence-electron chi connectivity index (χ4n) is 5.19. The summed E-state index contributed by atoms with van der Waals surface area (Å²) in [6, 6.07) is 15.1. The standard InChI is InChI=1S/C28H30ClN5O2/c1-28(2)13-22-26(24(35)14-28)27(18-7-9-19(29)10-8-18)34(23-6-4-3-5-21(23)33-22)16-25(36)31-12-11-20-15-30-17-32-20/h3-10,15,17,27,33H,11-14,16H2,1-2H3,(H,30,32)(H,31,36). The highest BCUT2D eigenvalue weighted by atomic mass is 35.5. The summed E-state index contributed by atoms with van der Waals surface area (Å²) in [5, 5.41) is 7.22. The van der Waals surface area contributed by atoms with E-state index >= 15 is 0 Å². The molecular formula is C28H30ClN5O2. The molecule has 186 valence electrons. The molecule has 1 aliphatic carbocycles. The molecule has 3 aromatic rings. The monoisotopic (exact) mass is 503 g/mol. The molecule has 5 rings (SSSR count). The second-order valence-electron chi connectivity index (χ2n) is 10.2. The molecule has 2 heterocycles. The number of ketones is 1. The molecule has 0 bridgehead atoms. The number of nitrogens with zero attached hydrogens (tertiary/aromatic N) is 2. The number of para-hydroxylation sites is 2. The van der Waals surface area contributed by atoms with Gasteiger partial charge >= 0.3 is 0 Å². The van der Waals surface area contributed by atoms with Crippen LogP contribution in [0.2, 0.25) is 5.02 Å². The number of aromatic amines is 1. The Morgan fingerprint density at radius 1 is 1.17 bits per heavy atom. The van der Waals surface area contributed by atoms with E-state index in [-0.39, 0.29) is 23.7 Å². The van der Waals surface area contributed by atoms with Gasteiger partial charge in [-0.2, -0.15) is 0 Å². The number of carbonyl (C=O) groups excluding carboxylic acids is 2. The van der Waals surface area contributed by atoms with Crippen molar-refractivity contribution in [3.63, 3.8) is 0 Å². The minimum absolute atomic E-state index is 0.0996. The van der Waals surface area contributed by atoms with E-state index in [9.17, 15) is 9.59 Å². The molecule has 3 N–H and O–H groups in total. The van der Waals surface area contributed by atoms with Crippen LogP contribution in [-0.4, -0.2) is 34.7 Å². The highest BCUT2D eigenvalue weighted by Gasteiger charge is 2.41. The number of aromatic nitrogens is 2. The molecule has 0 saturated heterocycles. The molecule has 1 aliphatic heterocycles. The van der Waals surface area contributed by atoms with Gasteiger partial charge in [0.15, 0.2) is 5.78 Å². The van der Waals surface area contributed by atoms with Crippen molar-refractivity contribution < 1.29 is 9.59 Å². The lowest BCUT2D eigenvalue weighted by Gasteiger charge is -2.37. The molecule has 1 unspecified atom stereocenters. The lowest BCUT2D eigenvalue weighted by Crippen LogP contribution is -2.42. The molecule has 0 spiro atoms. The van der Waals surface area contributed by atoms with Gasteiger partial charge in [0, 0.05) is 47.6 Å². The molecule has 2 aliphatic rings. The lowest BCUT2D eigenvalue weighted by atomic mass is 9.73. The normalized spacial score (nSPS) is 18.7. The van der Waals surface area contributed by atoms with Gasteiger partial charge in [0.05, 0.1) is 30.3 Å². The van der Waals surface area contributed by atoms with Crippen LogP contribution in [0.1, 0.15) is 44.0 Å². The second kappa shape index (κ2) is 9.82. The van der Waals surface area contributed by atoms with Crippen molar-refractivity contribution in [2.45, 2.75) is 39.2 Å². The zero-order valence-corrected chi connectivity index (χ0v) is 21.2. The minimum atomic E-state index is -0.421. The first kappa shape index (κ1) is 24.1. The third-order valence-electron chi connectivity index (χ3n) is 6.78. The molecule has 7 nitrogen and oxygen atoms in total. The van der Waals surface area contributed by atoms with Gasteiger partial charge in [-0.3, -0.25) is 9.59 Å². The first-order valence-corrected chi connectivity index (χ1v) is 12.6. The van der Waals surface area contributed by atoms with Crippen LogP contribution in [0.4, 0.5) is 11.4 Å². The molecule has 1 amide bonds. The fraction of sp³-hybridized carbons (Fsp3) is 0.321. The van der Waals surface area contributed by atoms with E-state index in [1.807, 2.05) is 53.4 Å². The van der Waals surface area contributed by atoms with E-state index in [1.165, 1.54) is 0 Å². The number of H-pyrrole nitrogens is 1. The smallest absolute Gasteiger partial charge is 0.239 e. The number of imidazole rings is 1. The number of anilines is 2. The van der Waals surface area contributed by atoms with Gasteiger partial charge in [-0.1, -0.05) is 49.7 Å². The van der Waals surface area contributed by atoms with E-state index in [1.54, 1.807) is 12.5 Å². The van der Waals surface area contributed by atoms with Gasteiger partial charge in [0.25, 0.3) is 0 Å². The Morgan fingerprint density at radius 2 is 1.94 bits per heavy atom. The summed E-state index contributed by atoms with van der Waals surface area (Å²) in [7, 11) is 0. The molecule has 0 radical (unpaired) electrons. The minimum Gasteiger partial charge on any atom is -0.357 e. The van der Waals surface area contributed by atoms with Crippen LogP contribution < -0.4 is 15.5 Å². The number of amides is 1. The number of nitrogens with one attached hydrogen (secondary N) is 3. The number of fused-ring (bicyclic) bond motifs is 1. The molecule has 0 fully saturated rings. The van der Waals surface area contributed by atoms with Crippen molar-refractivity contribution in [2.75, 3.05) is 23.3 Å². The number of Topliss-reactive ketones (excluding diaryl/α,β-unsaturated/α-hetero) is 1. The van der Waals surface area contributed by atoms with Gasteiger partial charge in [0.2, 0.25) is 5.91 Å². The van der Waals surface area contributed by atoms with Crippen molar-refractivity contribution in [1.82, 2.24) is 15.3 Å². The SMILES string of the molecule is CC1(C)CC(=O)C2=C(C1)Nc1ccccc1N(CC(=O)NCCc1cnc[nH]1)C2c1ccc(Cl)cc1. The van der Waals surface area contributed by atoms with Crippen molar-refractivity contribution in [3.8, 4) is 0 Å². The summed E-state index contributed by atoms with van der Waals surface area (Å²) in [5.41, 5.74) is 5.14. The Balaban J connectivity index is 1.54. The molecule has 1 aromatic heterocycles. The van der Waals surface area contributed by atoms with Gasteiger partial charge in [-0.25, -0.2) is 4.98 Å². The summed E-state index contributed by atoms with van der Waals surface area (Å²) < 4.78 is 0. The first-order valence-electron chi connectivity index (χ1n) is 12.2. The van der Waals surface area contributed by atoms with Gasteiger partial charge < -0.3 is 20.5 Å². The van der Waals surface area contributed by atoms with Crippen LogP contribution in [0.15, 0.2) is 72.3 Å². The van der Waals surface area contributed by atoms with Crippen LogP contribution >= 0.6 is 11.6 Å². The molecule has 1 atom stereocenters. The quantitative estimate of drug-likeness (QED) is 0.438.